The molecule has 7 nitrogen and oxygen atoms in total. The van der Waals surface area contributed by atoms with E-state index in [4.69, 9.17) is 13.8 Å². The van der Waals surface area contributed by atoms with Crippen LogP contribution in [0.2, 0.25) is 0 Å². The predicted octanol–water partition coefficient (Wildman–Crippen LogP) is 7.42. The highest BCUT2D eigenvalue weighted by molar-refractivity contribution is 7.47. The lowest BCUT2D eigenvalue weighted by atomic mass is 10.0. The molecule has 37 heavy (non-hydrogen) atoms. The molecule has 8 heteroatoms. The summed E-state index contributed by atoms with van der Waals surface area (Å²) >= 11 is 0. The van der Waals surface area contributed by atoms with Crippen LogP contribution in [-0.2, 0) is 18.3 Å². The molecule has 0 fully saturated rings. The van der Waals surface area contributed by atoms with Crippen LogP contribution in [0.15, 0.2) is 0 Å². The average Bonchev–Trinajstić information content (AvgIpc) is 2.81. The first-order valence-electron chi connectivity index (χ1n) is 15.3. The average molecular weight is 552 g/mol. The maximum Gasteiger partial charge on any atom is 0.472 e. The van der Waals surface area contributed by atoms with E-state index < -0.39 is 7.82 Å². The van der Waals surface area contributed by atoms with Gasteiger partial charge in [0.2, 0.25) is 0 Å². The maximum absolute atomic E-state index is 12.2. The van der Waals surface area contributed by atoms with Gasteiger partial charge >= 0.3 is 7.82 Å². The van der Waals surface area contributed by atoms with Crippen LogP contribution >= 0.6 is 7.82 Å². The molecule has 0 aliphatic carbocycles. The Bertz CT molecular complexity index is 545. The summed E-state index contributed by atoms with van der Waals surface area (Å²) in [5, 5.41) is 0. The van der Waals surface area contributed by atoms with Crippen LogP contribution in [0.25, 0.3) is 0 Å². The largest absolute Gasteiger partial charge is 0.472 e. The van der Waals surface area contributed by atoms with Gasteiger partial charge in [-0.05, 0) is 26.9 Å². The Morgan fingerprint density at radius 1 is 0.757 bits per heavy atom. The molecule has 0 aromatic rings. The minimum absolute atomic E-state index is 0.0509. The molecule has 1 N–H and O–H groups in total. The Morgan fingerprint density at radius 3 is 1.65 bits per heavy atom. The highest BCUT2D eigenvalue weighted by Gasteiger charge is 2.25. The van der Waals surface area contributed by atoms with Crippen molar-refractivity contribution in [2.24, 2.45) is 0 Å². The number of nitrogens with zero attached hydrogens (tertiary/aromatic N) is 2. The van der Waals surface area contributed by atoms with Crippen LogP contribution in [-0.4, -0.2) is 88.0 Å². The Labute approximate surface area is 230 Å². The van der Waals surface area contributed by atoms with Crippen molar-refractivity contribution in [3.8, 4) is 0 Å². The molecular weight excluding hydrogens is 487 g/mol. The van der Waals surface area contributed by atoms with Crippen molar-refractivity contribution in [1.82, 2.24) is 4.90 Å². The van der Waals surface area contributed by atoms with Crippen LogP contribution < -0.4 is 0 Å². The zero-order valence-corrected chi connectivity index (χ0v) is 26.4. The number of rotatable bonds is 28. The van der Waals surface area contributed by atoms with Crippen molar-refractivity contribution in [3.05, 3.63) is 0 Å². The summed E-state index contributed by atoms with van der Waals surface area (Å²) in [6.07, 6.45) is 21.7. The van der Waals surface area contributed by atoms with Gasteiger partial charge in [0.05, 0.1) is 33.9 Å². The van der Waals surface area contributed by atoms with Gasteiger partial charge in [0.1, 0.15) is 13.2 Å². The minimum Gasteiger partial charge on any atom is -0.375 e. The second kappa shape index (κ2) is 23.8. The van der Waals surface area contributed by atoms with Gasteiger partial charge in [-0.25, -0.2) is 4.57 Å². The molecule has 0 amide bonds. The summed E-state index contributed by atoms with van der Waals surface area (Å²) in [5.74, 6) is 0. The number of unbranched alkanes of at least 4 members (excludes halogenated alkanes) is 15. The molecule has 0 aromatic heterocycles. The van der Waals surface area contributed by atoms with Crippen LogP contribution in [0.1, 0.15) is 117 Å². The number of ether oxygens (including phenoxy) is 1. The minimum atomic E-state index is -4.06. The summed E-state index contributed by atoms with van der Waals surface area (Å²) in [5.41, 5.74) is 0. The Kier molecular flexibility index (Phi) is 23.8. The number of hydrogen-bond acceptors (Lipinski definition) is 5. The quantitative estimate of drug-likeness (QED) is 0.0620. The van der Waals surface area contributed by atoms with E-state index in [0.717, 1.165) is 6.54 Å². The molecule has 0 aromatic carbocycles. The van der Waals surface area contributed by atoms with Crippen LogP contribution in [0.5, 0.6) is 0 Å². The zero-order valence-electron chi connectivity index (χ0n) is 25.6. The van der Waals surface area contributed by atoms with Crippen molar-refractivity contribution in [1.29, 1.82) is 0 Å². The van der Waals surface area contributed by atoms with E-state index in [2.05, 4.69) is 18.9 Å². The van der Waals surface area contributed by atoms with Crippen LogP contribution in [0.4, 0.5) is 0 Å². The molecule has 224 valence electrons. The van der Waals surface area contributed by atoms with Crippen molar-refractivity contribution in [3.63, 3.8) is 0 Å². The third-order valence-electron chi connectivity index (χ3n) is 6.75. The lowest BCUT2D eigenvalue weighted by Crippen LogP contribution is -2.37. The summed E-state index contributed by atoms with van der Waals surface area (Å²) < 4.78 is 28.9. The van der Waals surface area contributed by atoms with Gasteiger partial charge in [-0.1, -0.05) is 103 Å². The number of hydrogen-bond donors (Lipinski definition) is 1. The van der Waals surface area contributed by atoms with Gasteiger partial charge in [0.25, 0.3) is 0 Å². The summed E-state index contributed by atoms with van der Waals surface area (Å²) in [7, 11) is 4.03. The monoisotopic (exact) mass is 551 g/mol. The van der Waals surface area contributed by atoms with E-state index in [1.54, 1.807) is 0 Å². The van der Waals surface area contributed by atoms with Crippen LogP contribution in [0.3, 0.4) is 0 Å². The summed E-state index contributed by atoms with van der Waals surface area (Å²) in [4.78, 5) is 12.2. The van der Waals surface area contributed by atoms with Crippen molar-refractivity contribution in [2.45, 2.75) is 123 Å². The smallest absolute Gasteiger partial charge is 0.375 e. The predicted molar refractivity (Wildman–Crippen MR) is 157 cm³/mol. The molecule has 0 saturated heterocycles. The van der Waals surface area contributed by atoms with Crippen molar-refractivity contribution < 1.29 is 27.7 Å². The van der Waals surface area contributed by atoms with E-state index in [-0.39, 0.29) is 19.3 Å². The van der Waals surface area contributed by atoms with Gasteiger partial charge in [-0.15, -0.1) is 0 Å². The Hall–Kier alpha value is -0.0100. The summed E-state index contributed by atoms with van der Waals surface area (Å²) in [6.45, 7) is 7.28. The topological polar surface area (TPSA) is 68.2 Å². The standard InChI is InChI=1S/C29H63N2O5P/c1-7-9-10-11-12-13-14-15-16-17-18-19-20-21-22-23-24-30(3)27-29(34-8-2)28-36-37(32,33)35-26-25-31(4,5)6/h29H,7-28H2,1-6H3/p+1. The third kappa shape index (κ3) is 27.4. The molecule has 0 heterocycles. The molecule has 2 unspecified atom stereocenters. The first-order valence-corrected chi connectivity index (χ1v) is 16.8. The first-order chi connectivity index (χ1) is 17.6. The van der Waals surface area contributed by atoms with Gasteiger partial charge in [-0.2, -0.15) is 0 Å². The van der Waals surface area contributed by atoms with E-state index >= 15 is 0 Å². The fourth-order valence-corrected chi connectivity index (χ4v) is 5.14. The molecular formula is C29H64N2O5P+. The lowest BCUT2D eigenvalue weighted by Gasteiger charge is -2.26. The van der Waals surface area contributed by atoms with E-state index in [0.29, 0.717) is 24.2 Å². The van der Waals surface area contributed by atoms with Crippen molar-refractivity contribution >= 4 is 7.82 Å². The normalized spacial score (nSPS) is 14.8. The Morgan fingerprint density at radius 2 is 1.22 bits per heavy atom. The molecule has 0 spiro atoms. The van der Waals surface area contributed by atoms with Gasteiger partial charge in [0, 0.05) is 13.2 Å². The van der Waals surface area contributed by atoms with E-state index in [1.807, 2.05) is 28.1 Å². The van der Waals surface area contributed by atoms with Gasteiger partial charge in [0.15, 0.2) is 0 Å². The molecule has 0 saturated carbocycles. The second-order valence-corrected chi connectivity index (χ2v) is 13.2. The molecule has 2 atom stereocenters. The van der Waals surface area contributed by atoms with E-state index in [9.17, 15) is 9.46 Å². The SMILES string of the molecule is CCCCCCCCCCCCCCCCCCN(C)CC(COP(=O)(O)OCC[N+](C)(C)C)OCC. The number of likely N-dealkylation sites (N-methyl/N-ethyl adjacent to an activating group) is 2. The van der Waals surface area contributed by atoms with E-state index in [1.165, 1.54) is 103 Å². The fourth-order valence-electron chi connectivity index (χ4n) is 4.40. The van der Waals surface area contributed by atoms with Gasteiger partial charge < -0.3 is 19.0 Å². The fraction of sp³-hybridized carbons (Fsp3) is 1.00. The maximum atomic E-state index is 12.2. The molecule has 0 aliphatic rings. The third-order valence-corrected chi connectivity index (χ3v) is 7.74. The summed E-state index contributed by atoms with van der Waals surface area (Å²) in [6, 6.07) is 0. The molecule has 0 rings (SSSR count). The number of quaternary nitrogens is 1. The Balaban J connectivity index is 3.75. The van der Waals surface area contributed by atoms with Crippen LogP contribution in [0, 0.1) is 0 Å². The molecule has 0 radical (unpaired) electrons. The highest BCUT2D eigenvalue weighted by atomic mass is 31.2. The highest BCUT2D eigenvalue weighted by Crippen LogP contribution is 2.43. The second-order valence-electron chi connectivity index (χ2n) is 11.8. The van der Waals surface area contributed by atoms with Gasteiger partial charge in [-0.3, -0.25) is 9.05 Å². The number of phosphoric ester groups is 1. The molecule has 0 bridgehead atoms. The number of phosphoric acid groups is 1. The first kappa shape index (κ1) is 37.0. The van der Waals surface area contributed by atoms with Crippen molar-refractivity contribution in [2.75, 3.05) is 67.6 Å². The lowest BCUT2D eigenvalue weighted by molar-refractivity contribution is -0.870. The zero-order chi connectivity index (χ0) is 27.8. The molecule has 0 aliphatic heterocycles.